The van der Waals surface area contributed by atoms with Crippen molar-refractivity contribution >= 4 is 5.82 Å². The van der Waals surface area contributed by atoms with E-state index in [4.69, 9.17) is 0 Å². The van der Waals surface area contributed by atoms with Crippen LogP contribution in [-0.2, 0) is 6.42 Å². The maximum Gasteiger partial charge on any atom is 0.156 e. The second kappa shape index (κ2) is 8.65. The van der Waals surface area contributed by atoms with E-state index in [2.05, 4.69) is 72.4 Å². The van der Waals surface area contributed by atoms with Crippen LogP contribution in [0.2, 0.25) is 0 Å². The molecule has 0 N–H and O–H groups in total. The molecule has 0 aliphatic rings. The topological polar surface area (TPSA) is 34.0 Å². The van der Waals surface area contributed by atoms with E-state index in [0.717, 1.165) is 49.6 Å². The zero-order chi connectivity index (χ0) is 18.4. The Labute approximate surface area is 156 Å². The lowest BCUT2D eigenvalue weighted by atomic mass is 10.1. The summed E-state index contributed by atoms with van der Waals surface area (Å²) in [4.78, 5) is 2.43. The third-order valence-electron chi connectivity index (χ3n) is 4.49. The minimum Gasteiger partial charge on any atom is -0.355 e. The zero-order valence-electron chi connectivity index (χ0n) is 16.0. The van der Waals surface area contributed by atoms with E-state index in [1.54, 1.807) is 0 Å². The highest BCUT2D eigenvalue weighted by Crippen LogP contribution is 2.25. The van der Waals surface area contributed by atoms with Crippen LogP contribution >= 0.6 is 0 Å². The standard InChI is InChI=1S/C22H28N4/c1-4-15-25(16-5-2)22-21(17-19-13-11-18(3)12-14-19)23-24-26(22)20-9-7-6-8-10-20/h6-14H,4-5,15-17H2,1-3H3. The van der Waals surface area contributed by atoms with Crippen molar-refractivity contribution in [3.63, 3.8) is 0 Å². The normalized spacial score (nSPS) is 10.9. The van der Waals surface area contributed by atoms with E-state index in [1.807, 2.05) is 22.9 Å². The molecule has 0 aliphatic carbocycles. The van der Waals surface area contributed by atoms with E-state index in [9.17, 15) is 0 Å². The van der Waals surface area contributed by atoms with E-state index >= 15 is 0 Å². The van der Waals surface area contributed by atoms with Crippen molar-refractivity contribution in [1.29, 1.82) is 0 Å². The molecule has 0 bridgehead atoms. The quantitative estimate of drug-likeness (QED) is 0.587. The van der Waals surface area contributed by atoms with Gasteiger partial charge in [-0.15, -0.1) is 5.10 Å². The molecule has 4 heteroatoms. The van der Waals surface area contributed by atoms with Crippen LogP contribution in [0.15, 0.2) is 54.6 Å². The first-order chi connectivity index (χ1) is 12.7. The molecule has 1 aromatic heterocycles. The molecule has 0 aliphatic heterocycles. The maximum atomic E-state index is 4.57. The van der Waals surface area contributed by atoms with Gasteiger partial charge in [-0.1, -0.05) is 67.1 Å². The van der Waals surface area contributed by atoms with Gasteiger partial charge in [0.1, 0.15) is 5.69 Å². The summed E-state index contributed by atoms with van der Waals surface area (Å²) >= 11 is 0. The van der Waals surface area contributed by atoms with Gasteiger partial charge >= 0.3 is 0 Å². The molecule has 3 rings (SSSR count). The van der Waals surface area contributed by atoms with Gasteiger partial charge in [0.05, 0.1) is 5.69 Å². The summed E-state index contributed by atoms with van der Waals surface area (Å²) < 4.78 is 1.99. The van der Waals surface area contributed by atoms with Gasteiger partial charge in [0.25, 0.3) is 0 Å². The van der Waals surface area contributed by atoms with Crippen LogP contribution in [0.1, 0.15) is 43.5 Å². The van der Waals surface area contributed by atoms with E-state index in [1.165, 1.54) is 11.1 Å². The minimum absolute atomic E-state index is 0.798. The summed E-state index contributed by atoms with van der Waals surface area (Å²) in [6.07, 6.45) is 3.00. The third kappa shape index (κ3) is 4.13. The first-order valence-corrected chi connectivity index (χ1v) is 9.53. The van der Waals surface area contributed by atoms with Crippen LogP contribution in [0.5, 0.6) is 0 Å². The van der Waals surface area contributed by atoms with Crippen LogP contribution in [0.3, 0.4) is 0 Å². The number of benzene rings is 2. The second-order valence-corrected chi connectivity index (χ2v) is 6.76. The number of nitrogens with zero attached hydrogens (tertiary/aromatic N) is 4. The number of hydrogen-bond donors (Lipinski definition) is 0. The molecule has 0 radical (unpaired) electrons. The largest absolute Gasteiger partial charge is 0.355 e. The number of aryl methyl sites for hydroxylation is 1. The fourth-order valence-corrected chi connectivity index (χ4v) is 3.24. The van der Waals surface area contributed by atoms with Crippen LogP contribution in [0, 0.1) is 6.92 Å². The summed E-state index contributed by atoms with van der Waals surface area (Å²) in [6.45, 7) is 8.58. The molecule has 26 heavy (non-hydrogen) atoms. The van der Waals surface area contributed by atoms with Gasteiger partial charge in [-0.3, -0.25) is 0 Å². The Morgan fingerprint density at radius 1 is 0.885 bits per heavy atom. The molecule has 136 valence electrons. The van der Waals surface area contributed by atoms with Crippen molar-refractivity contribution in [2.24, 2.45) is 0 Å². The predicted octanol–water partition coefficient (Wildman–Crippen LogP) is 4.79. The van der Waals surface area contributed by atoms with Crippen LogP contribution in [0.4, 0.5) is 5.82 Å². The summed E-state index contributed by atoms with van der Waals surface area (Å²) in [7, 11) is 0. The van der Waals surface area contributed by atoms with Crippen molar-refractivity contribution < 1.29 is 0 Å². The van der Waals surface area contributed by atoms with Crippen molar-refractivity contribution in [2.45, 2.75) is 40.0 Å². The molecule has 0 spiro atoms. The first-order valence-electron chi connectivity index (χ1n) is 9.53. The second-order valence-electron chi connectivity index (χ2n) is 6.76. The van der Waals surface area contributed by atoms with Crippen LogP contribution in [-0.4, -0.2) is 28.1 Å². The fraction of sp³-hybridized carbons (Fsp3) is 0.364. The highest BCUT2D eigenvalue weighted by Gasteiger charge is 2.20. The van der Waals surface area contributed by atoms with Crippen LogP contribution < -0.4 is 4.90 Å². The predicted molar refractivity (Wildman–Crippen MR) is 108 cm³/mol. The van der Waals surface area contributed by atoms with Gasteiger partial charge in [-0.05, 0) is 37.5 Å². The molecule has 3 aromatic rings. The van der Waals surface area contributed by atoms with E-state index in [0.29, 0.717) is 0 Å². The lowest BCUT2D eigenvalue weighted by Crippen LogP contribution is -2.28. The average molecular weight is 348 g/mol. The molecular weight excluding hydrogens is 320 g/mol. The minimum atomic E-state index is 0.798. The highest BCUT2D eigenvalue weighted by atomic mass is 15.5. The van der Waals surface area contributed by atoms with Gasteiger partial charge in [0.2, 0.25) is 0 Å². The average Bonchev–Trinajstić information content (AvgIpc) is 3.07. The molecular formula is C22H28N4. The molecule has 0 fully saturated rings. The molecule has 0 saturated carbocycles. The number of rotatable bonds is 8. The summed E-state index contributed by atoms with van der Waals surface area (Å²) in [6, 6.07) is 19.0. The molecule has 0 amide bonds. The zero-order valence-corrected chi connectivity index (χ0v) is 16.0. The summed E-state index contributed by atoms with van der Waals surface area (Å²) in [5.74, 6) is 1.13. The fourth-order valence-electron chi connectivity index (χ4n) is 3.24. The van der Waals surface area contributed by atoms with Gasteiger partial charge < -0.3 is 4.90 Å². The Hall–Kier alpha value is -2.62. The molecule has 0 unspecified atom stereocenters. The van der Waals surface area contributed by atoms with Crippen molar-refractivity contribution in [1.82, 2.24) is 15.0 Å². The number of aromatic nitrogens is 3. The summed E-state index contributed by atoms with van der Waals surface area (Å²) in [5.41, 5.74) is 4.65. The van der Waals surface area contributed by atoms with Crippen molar-refractivity contribution in [2.75, 3.05) is 18.0 Å². The smallest absolute Gasteiger partial charge is 0.156 e. The number of hydrogen-bond acceptors (Lipinski definition) is 3. The SMILES string of the molecule is CCCN(CCC)c1c(Cc2ccc(C)cc2)nnn1-c1ccccc1. The molecule has 1 heterocycles. The summed E-state index contributed by atoms with van der Waals surface area (Å²) in [5, 5.41) is 9.08. The Morgan fingerprint density at radius 3 is 2.15 bits per heavy atom. The molecule has 0 saturated heterocycles. The van der Waals surface area contributed by atoms with Crippen molar-refractivity contribution in [3.8, 4) is 5.69 Å². The van der Waals surface area contributed by atoms with E-state index < -0.39 is 0 Å². The Kier molecular flexibility index (Phi) is 6.05. The monoisotopic (exact) mass is 348 g/mol. The Morgan fingerprint density at radius 2 is 1.54 bits per heavy atom. The van der Waals surface area contributed by atoms with Gasteiger partial charge in [0.15, 0.2) is 5.82 Å². The Bertz CT molecular complexity index is 800. The number of para-hydroxylation sites is 1. The third-order valence-corrected chi connectivity index (χ3v) is 4.49. The lowest BCUT2D eigenvalue weighted by Gasteiger charge is -2.25. The van der Waals surface area contributed by atoms with Crippen LogP contribution in [0.25, 0.3) is 5.69 Å². The van der Waals surface area contributed by atoms with E-state index in [-0.39, 0.29) is 0 Å². The van der Waals surface area contributed by atoms with Gasteiger partial charge in [0, 0.05) is 19.5 Å². The van der Waals surface area contributed by atoms with Gasteiger partial charge in [-0.2, -0.15) is 4.68 Å². The molecule has 4 nitrogen and oxygen atoms in total. The lowest BCUT2D eigenvalue weighted by molar-refractivity contribution is 0.704. The first kappa shape index (κ1) is 18.2. The molecule has 0 atom stereocenters. The Balaban J connectivity index is 2.02. The highest BCUT2D eigenvalue weighted by molar-refractivity contribution is 5.51. The van der Waals surface area contributed by atoms with Crippen molar-refractivity contribution in [3.05, 3.63) is 71.4 Å². The maximum absolute atomic E-state index is 4.57. The number of anilines is 1. The van der Waals surface area contributed by atoms with Gasteiger partial charge in [-0.25, -0.2) is 0 Å². The molecule has 2 aromatic carbocycles.